The fourth-order valence-corrected chi connectivity index (χ4v) is 5.32. The molecule has 0 radical (unpaired) electrons. The minimum atomic E-state index is -0.0763. The molecule has 3 unspecified atom stereocenters. The van der Waals surface area contributed by atoms with E-state index >= 15 is 0 Å². The van der Waals surface area contributed by atoms with Crippen LogP contribution in [0.3, 0.4) is 0 Å². The molecular weight excluding hydrogens is 394 g/mol. The number of benzene rings is 3. The van der Waals surface area contributed by atoms with Crippen molar-refractivity contribution in [2.24, 2.45) is 5.92 Å². The minimum Gasteiger partial charge on any atom is -0.378 e. The van der Waals surface area contributed by atoms with Crippen LogP contribution in [0.5, 0.6) is 0 Å². The van der Waals surface area contributed by atoms with Gasteiger partial charge < -0.3 is 15.6 Å². The number of carbonyl (C=O) groups is 1. The molecule has 0 saturated heterocycles. The van der Waals surface area contributed by atoms with Crippen molar-refractivity contribution in [3.8, 4) is 0 Å². The summed E-state index contributed by atoms with van der Waals surface area (Å²) < 4.78 is 0. The number of anilines is 2. The number of carbonyl (C=O) groups excluding carboxylic acids is 1. The summed E-state index contributed by atoms with van der Waals surface area (Å²) in [5, 5.41) is 8.17. The Hall–Kier alpha value is -3.79. The summed E-state index contributed by atoms with van der Waals surface area (Å²) in [5.74, 6) is 0.706. The molecule has 3 atom stereocenters. The van der Waals surface area contributed by atoms with E-state index in [-0.39, 0.29) is 11.9 Å². The Morgan fingerprint density at radius 3 is 2.81 bits per heavy atom. The van der Waals surface area contributed by atoms with Crippen LogP contribution in [0.15, 0.2) is 85.1 Å². The zero-order valence-electron chi connectivity index (χ0n) is 17.9. The number of aromatic amines is 1. The summed E-state index contributed by atoms with van der Waals surface area (Å²) in [7, 11) is 0. The number of rotatable bonds is 3. The molecule has 0 bridgehead atoms. The van der Waals surface area contributed by atoms with Crippen molar-refractivity contribution < 1.29 is 4.79 Å². The van der Waals surface area contributed by atoms with E-state index in [2.05, 4.69) is 70.4 Å². The van der Waals surface area contributed by atoms with Gasteiger partial charge in [0.2, 0.25) is 0 Å². The van der Waals surface area contributed by atoms with Gasteiger partial charge in [0.15, 0.2) is 0 Å². The van der Waals surface area contributed by atoms with Crippen molar-refractivity contribution in [1.82, 2.24) is 4.98 Å². The van der Waals surface area contributed by atoms with Crippen LogP contribution in [-0.2, 0) is 0 Å². The third kappa shape index (κ3) is 3.11. The molecule has 0 saturated carbocycles. The lowest BCUT2D eigenvalue weighted by atomic mass is 9.77. The molecule has 4 nitrogen and oxygen atoms in total. The quantitative estimate of drug-likeness (QED) is 0.330. The molecule has 1 aliphatic heterocycles. The van der Waals surface area contributed by atoms with E-state index in [0.717, 1.165) is 23.4 Å². The Morgan fingerprint density at radius 2 is 1.91 bits per heavy atom. The van der Waals surface area contributed by atoms with Crippen LogP contribution in [-0.4, -0.2) is 10.9 Å². The molecule has 158 valence electrons. The predicted molar refractivity (Wildman–Crippen MR) is 130 cm³/mol. The summed E-state index contributed by atoms with van der Waals surface area (Å²) >= 11 is 0. The molecule has 3 N–H and O–H groups in total. The van der Waals surface area contributed by atoms with E-state index in [1.54, 1.807) is 0 Å². The highest BCUT2D eigenvalue weighted by atomic mass is 16.1. The van der Waals surface area contributed by atoms with Crippen LogP contribution in [0.2, 0.25) is 0 Å². The Kier molecular flexibility index (Phi) is 4.39. The van der Waals surface area contributed by atoms with Crippen molar-refractivity contribution in [3.05, 3.63) is 107 Å². The van der Waals surface area contributed by atoms with E-state index in [1.165, 1.54) is 22.0 Å². The van der Waals surface area contributed by atoms with Gasteiger partial charge in [0.25, 0.3) is 5.91 Å². The lowest BCUT2D eigenvalue weighted by Gasteiger charge is -2.37. The molecule has 0 spiro atoms. The van der Waals surface area contributed by atoms with Crippen molar-refractivity contribution >= 4 is 28.2 Å². The number of amides is 1. The molecule has 0 fully saturated rings. The van der Waals surface area contributed by atoms with E-state index < -0.39 is 0 Å². The largest absolute Gasteiger partial charge is 0.378 e. The maximum atomic E-state index is 12.7. The van der Waals surface area contributed by atoms with Gasteiger partial charge in [0, 0.05) is 40.0 Å². The fourth-order valence-electron chi connectivity index (χ4n) is 5.32. The Balaban J connectivity index is 1.33. The van der Waals surface area contributed by atoms with Crippen LogP contribution in [0.4, 0.5) is 11.4 Å². The first-order valence-electron chi connectivity index (χ1n) is 11.2. The average Bonchev–Trinajstić information content (AvgIpc) is 3.46. The van der Waals surface area contributed by atoms with Crippen LogP contribution in [0.1, 0.15) is 45.4 Å². The second-order valence-corrected chi connectivity index (χ2v) is 8.89. The average molecular weight is 420 g/mol. The van der Waals surface area contributed by atoms with Gasteiger partial charge in [-0.1, -0.05) is 48.0 Å². The number of allylic oxidation sites excluding steroid dienone is 2. The molecule has 1 aliphatic carbocycles. The first kappa shape index (κ1) is 18.9. The monoisotopic (exact) mass is 419 g/mol. The summed E-state index contributed by atoms with van der Waals surface area (Å²) in [6, 6.07) is 22.6. The third-order valence-electron chi connectivity index (χ3n) is 6.86. The standard InChI is InChI=1S/C28H25N3O/c1-17-6-4-7-18(14-17)28(32)30-19-12-13-26-23(15-19)20-9-5-10-22(20)27(31-26)24-16-29-25-11-3-2-8-21(24)25/h2-9,11-16,20,22,27,29,31H,10H2,1H3,(H,30,32). The summed E-state index contributed by atoms with van der Waals surface area (Å²) in [5.41, 5.74) is 7.48. The molecule has 4 heteroatoms. The van der Waals surface area contributed by atoms with Gasteiger partial charge in [-0.15, -0.1) is 0 Å². The molecule has 3 aromatic carbocycles. The summed E-state index contributed by atoms with van der Waals surface area (Å²) in [6.45, 7) is 2.00. The highest BCUT2D eigenvalue weighted by Gasteiger charge is 2.38. The highest BCUT2D eigenvalue weighted by Crippen LogP contribution is 2.51. The number of aromatic nitrogens is 1. The van der Waals surface area contributed by atoms with Gasteiger partial charge in [0.1, 0.15) is 0 Å². The van der Waals surface area contributed by atoms with Crippen molar-refractivity contribution in [2.45, 2.75) is 25.3 Å². The van der Waals surface area contributed by atoms with Gasteiger partial charge in [0.05, 0.1) is 6.04 Å². The maximum Gasteiger partial charge on any atom is 0.255 e. The second kappa shape index (κ2) is 7.41. The molecule has 2 heterocycles. The molecular formula is C28H25N3O. The number of para-hydroxylation sites is 1. The van der Waals surface area contributed by atoms with Crippen molar-refractivity contribution in [3.63, 3.8) is 0 Å². The lowest BCUT2D eigenvalue weighted by molar-refractivity contribution is 0.102. The van der Waals surface area contributed by atoms with Crippen molar-refractivity contribution in [1.29, 1.82) is 0 Å². The first-order valence-corrected chi connectivity index (χ1v) is 11.2. The van der Waals surface area contributed by atoms with Crippen LogP contribution < -0.4 is 10.6 Å². The van der Waals surface area contributed by atoms with Crippen LogP contribution in [0, 0.1) is 12.8 Å². The van der Waals surface area contributed by atoms with E-state index in [4.69, 9.17) is 0 Å². The number of hydrogen-bond acceptors (Lipinski definition) is 2. The third-order valence-corrected chi connectivity index (χ3v) is 6.86. The number of hydrogen-bond donors (Lipinski definition) is 3. The van der Waals surface area contributed by atoms with Gasteiger partial charge in [-0.05, 0) is 66.8 Å². The maximum absolute atomic E-state index is 12.7. The summed E-state index contributed by atoms with van der Waals surface area (Å²) in [4.78, 5) is 16.2. The topological polar surface area (TPSA) is 56.9 Å². The summed E-state index contributed by atoms with van der Waals surface area (Å²) in [6.07, 6.45) is 7.82. The zero-order valence-corrected chi connectivity index (χ0v) is 17.9. The lowest BCUT2D eigenvalue weighted by Crippen LogP contribution is -2.29. The number of H-pyrrole nitrogens is 1. The van der Waals surface area contributed by atoms with E-state index in [1.807, 2.05) is 37.3 Å². The van der Waals surface area contributed by atoms with Gasteiger partial charge in [-0.3, -0.25) is 4.79 Å². The smallest absolute Gasteiger partial charge is 0.255 e. The second-order valence-electron chi connectivity index (χ2n) is 8.89. The van der Waals surface area contributed by atoms with Crippen LogP contribution in [0.25, 0.3) is 10.9 Å². The van der Waals surface area contributed by atoms with Crippen LogP contribution >= 0.6 is 0 Å². The number of nitrogens with one attached hydrogen (secondary N) is 3. The molecule has 1 amide bonds. The van der Waals surface area contributed by atoms with Gasteiger partial charge in [-0.25, -0.2) is 0 Å². The Bertz CT molecular complexity index is 1370. The Labute approximate surface area is 187 Å². The Morgan fingerprint density at radius 1 is 1.00 bits per heavy atom. The number of aryl methyl sites for hydroxylation is 1. The highest BCUT2D eigenvalue weighted by molar-refractivity contribution is 6.04. The molecule has 2 aliphatic rings. The molecule has 4 aromatic rings. The van der Waals surface area contributed by atoms with Gasteiger partial charge >= 0.3 is 0 Å². The fraction of sp³-hybridized carbons (Fsp3) is 0.179. The molecule has 1 aromatic heterocycles. The first-order chi connectivity index (χ1) is 15.7. The van der Waals surface area contributed by atoms with E-state index in [9.17, 15) is 4.79 Å². The number of fused-ring (bicyclic) bond motifs is 4. The van der Waals surface area contributed by atoms with E-state index in [0.29, 0.717) is 17.4 Å². The normalized spacial score (nSPS) is 21.1. The predicted octanol–water partition coefficient (Wildman–Crippen LogP) is 6.56. The molecule has 32 heavy (non-hydrogen) atoms. The zero-order chi connectivity index (χ0) is 21.7. The van der Waals surface area contributed by atoms with Crippen molar-refractivity contribution in [2.75, 3.05) is 10.6 Å². The minimum absolute atomic E-state index is 0.0763. The SMILES string of the molecule is Cc1cccc(C(=O)Nc2ccc3c(c2)C2C=CCC2C(c2c[nH]c4ccccc24)N3)c1. The molecule has 6 rings (SSSR count). The van der Waals surface area contributed by atoms with Gasteiger partial charge in [-0.2, -0.15) is 0 Å².